The minimum absolute atomic E-state index is 0.456. The minimum Gasteiger partial charge on any atom is -0.310 e. The zero-order valence-electron chi connectivity index (χ0n) is 14.7. The molecule has 2 fully saturated rings. The van der Waals surface area contributed by atoms with E-state index in [9.17, 15) is 0 Å². The van der Waals surface area contributed by atoms with Gasteiger partial charge in [-0.25, -0.2) is 4.39 Å². The topological polar surface area (TPSA) is 15.3 Å². The first-order valence-electron chi connectivity index (χ1n) is 9.45. The van der Waals surface area contributed by atoms with E-state index in [4.69, 9.17) is 0 Å². The van der Waals surface area contributed by atoms with Crippen molar-refractivity contribution in [3.63, 3.8) is 0 Å². The fourth-order valence-corrected chi connectivity index (χ4v) is 3.93. The molecule has 1 aliphatic heterocycles. The molecule has 1 aliphatic carbocycles. The molecule has 2 atom stereocenters. The van der Waals surface area contributed by atoms with Gasteiger partial charge in [0, 0.05) is 38.1 Å². The molecule has 2 aromatic rings. The number of benzene rings is 2. The average Bonchev–Trinajstić information content (AvgIpc) is 3.44. The largest absolute Gasteiger partial charge is 0.310 e. The Labute approximate surface area is 150 Å². The highest BCUT2D eigenvalue weighted by Gasteiger charge is 2.41. The highest BCUT2D eigenvalue weighted by Crippen LogP contribution is 2.41. The third-order valence-electron chi connectivity index (χ3n) is 5.70. The fourth-order valence-electron chi connectivity index (χ4n) is 3.93. The molecule has 25 heavy (non-hydrogen) atoms. The van der Waals surface area contributed by atoms with Crippen LogP contribution in [0.4, 0.5) is 4.39 Å². The number of likely N-dealkylation sites (tertiary alicyclic amines) is 1. The second-order valence-corrected chi connectivity index (χ2v) is 7.65. The van der Waals surface area contributed by atoms with Gasteiger partial charge in [-0.05, 0) is 30.4 Å². The van der Waals surface area contributed by atoms with Crippen LogP contribution in [0, 0.1) is 0 Å². The van der Waals surface area contributed by atoms with Crippen LogP contribution in [-0.2, 0) is 6.54 Å². The number of rotatable bonds is 6. The molecule has 132 valence electrons. The molecular formula is C22H27FN2. The van der Waals surface area contributed by atoms with Gasteiger partial charge in [0.15, 0.2) is 0 Å². The van der Waals surface area contributed by atoms with Gasteiger partial charge in [0.05, 0.1) is 0 Å². The van der Waals surface area contributed by atoms with Gasteiger partial charge in [0.1, 0.15) is 5.67 Å². The Hall–Kier alpha value is -1.71. The van der Waals surface area contributed by atoms with E-state index >= 15 is 4.39 Å². The third kappa shape index (κ3) is 4.28. The second-order valence-electron chi connectivity index (χ2n) is 7.65. The molecule has 2 aliphatic rings. The van der Waals surface area contributed by atoms with Crippen molar-refractivity contribution in [2.24, 2.45) is 0 Å². The Morgan fingerprint density at radius 1 is 0.960 bits per heavy atom. The van der Waals surface area contributed by atoms with E-state index < -0.39 is 5.67 Å². The van der Waals surface area contributed by atoms with Gasteiger partial charge in [-0.3, -0.25) is 4.90 Å². The van der Waals surface area contributed by atoms with E-state index in [1.165, 1.54) is 11.1 Å². The van der Waals surface area contributed by atoms with Crippen LogP contribution < -0.4 is 5.32 Å². The molecule has 1 saturated carbocycles. The summed E-state index contributed by atoms with van der Waals surface area (Å²) in [6.07, 6.45) is 2.41. The monoisotopic (exact) mass is 338 g/mol. The van der Waals surface area contributed by atoms with Crippen molar-refractivity contribution in [1.29, 1.82) is 0 Å². The molecule has 0 bridgehead atoms. The van der Waals surface area contributed by atoms with E-state index in [0.29, 0.717) is 31.3 Å². The van der Waals surface area contributed by atoms with Crippen molar-refractivity contribution >= 4 is 0 Å². The Kier molecular flexibility index (Phi) is 4.87. The van der Waals surface area contributed by atoms with E-state index in [0.717, 1.165) is 26.1 Å². The second kappa shape index (κ2) is 7.27. The molecule has 1 N–H and O–H groups in total. The van der Waals surface area contributed by atoms with Gasteiger partial charge in [-0.1, -0.05) is 60.7 Å². The summed E-state index contributed by atoms with van der Waals surface area (Å²) < 4.78 is 15.1. The van der Waals surface area contributed by atoms with Crippen molar-refractivity contribution < 1.29 is 4.39 Å². The lowest BCUT2D eigenvalue weighted by Gasteiger charge is -2.36. The SMILES string of the molecule is FC1(CN[C@@H]2C[C@H]2c2ccccc2)CCN(Cc2ccccc2)CC1. The van der Waals surface area contributed by atoms with Crippen LogP contribution in [0.15, 0.2) is 60.7 Å². The molecule has 0 spiro atoms. The van der Waals surface area contributed by atoms with Crippen LogP contribution in [0.25, 0.3) is 0 Å². The normalized spacial score (nSPS) is 25.6. The van der Waals surface area contributed by atoms with Gasteiger partial charge < -0.3 is 5.32 Å². The van der Waals surface area contributed by atoms with Gasteiger partial charge in [-0.15, -0.1) is 0 Å². The van der Waals surface area contributed by atoms with Crippen LogP contribution in [0.2, 0.25) is 0 Å². The van der Waals surface area contributed by atoms with Crippen LogP contribution >= 0.6 is 0 Å². The van der Waals surface area contributed by atoms with Gasteiger partial charge in [0.25, 0.3) is 0 Å². The standard InChI is InChI=1S/C22H27FN2/c23-22(17-24-21-15-20(21)19-9-5-2-6-10-19)11-13-25(14-12-22)16-18-7-3-1-4-8-18/h1-10,20-21,24H,11-17H2/t20-,21+/m0/s1. The summed E-state index contributed by atoms with van der Waals surface area (Å²) >= 11 is 0. The summed E-state index contributed by atoms with van der Waals surface area (Å²) in [5.74, 6) is 0.572. The molecule has 2 aromatic carbocycles. The summed E-state index contributed by atoms with van der Waals surface area (Å²) in [5, 5.41) is 3.49. The van der Waals surface area contributed by atoms with Crippen LogP contribution in [0.3, 0.4) is 0 Å². The van der Waals surface area contributed by atoms with Crippen molar-refractivity contribution in [2.45, 2.75) is 43.4 Å². The van der Waals surface area contributed by atoms with Crippen LogP contribution in [0.5, 0.6) is 0 Å². The average molecular weight is 338 g/mol. The molecule has 0 unspecified atom stereocenters. The number of nitrogens with zero attached hydrogens (tertiary/aromatic N) is 1. The molecule has 4 rings (SSSR count). The Morgan fingerprint density at radius 3 is 2.28 bits per heavy atom. The summed E-state index contributed by atoms with van der Waals surface area (Å²) in [5.41, 5.74) is 1.65. The lowest BCUT2D eigenvalue weighted by Crippen LogP contribution is -2.47. The molecule has 3 heteroatoms. The zero-order chi connectivity index (χ0) is 17.1. The Morgan fingerprint density at radius 2 is 1.60 bits per heavy atom. The number of hydrogen-bond donors (Lipinski definition) is 1. The van der Waals surface area contributed by atoms with Crippen LogP contribution in [0.1, 0.15) is 36.3 Å². The van der Waals surface area contributed by atoms with Crippen molar-refractivity contribution in [3.8, 4) is 0 Å². The number of alkyl halides is 1. The van der Waals surface area contributed by atoms with E-state index in [1.54, 1.807) is 0 Å². The summed E-state index contributed by atoms with van der Waals surface area (Å²) in [6.45, 7) is 3.13. The molecular weight excluding hydrogens is 311 g/mol. The molecule has 0 radical (unpaired) electrons. The first-order valence-corrected chi connectivity index (χ1v) is 9.45. The summed E-state index contributed by atoms with van der Waals surface area (Å²) in [6, 6.07) is 21.5. The predicted octanol–water partition coefficient (Wildman–Crippen LogP) is 4.14. The van der Waals surface area contributed by atoms with Crippen molar-refractivity contribution in [1.82, 2.24) is 10.2 Å². The summed E-state index contributed by atoms with van der Waals surface area (Å²) in [4.78, 5) is 2.37. The lowest BCUT2D eigenvalue weighted by atomic mass is 9.93. The first kappa shape index (κ1) is 16.7. The van der Waals surface area contributed by atoms with E-state index in [-0.39, 0.29) is 0 Å². The smallest absolute Gasteiger partial charge is 0.125 e. The molecule has 0 aromatic heterocycles. The fraction of sp³-hybridized carbons (Fsp3) is 0.455. The zero-order valence-corrected chi connectivity index (χ0v) is 14.7. The molecule has 2 nitrogen and oxygen atoms in total. The number of halogens is 1. The van der Waals surface area contributed by atoms with Gasteiger partial charge in [0.2, 0.25) is 0 Å². The summed E-state index contributed by atoms with van der Waals surface area (Å²) in [7, 11) is 0. The van der Waals surface area contributed by atoms with Crippen molar-refractivity contribution in [2.75, 3.05) is 19.6 Å². The first-order chi connectivity index (χ1) is 12.2. The predicted molar refractivity (Wildman–Crippen MR) is 100 cm³/mol. The lowest BCUT2D eigenvalue weighted by molar-refractivity contribution is 0.0544. The highest BCUT2D eigenvalue weighted by molar-refractivity contribution is 5.27. The molecule has 1 saturated heterocycles. The number of piperidine rings is 1. The third-order valence-corrected chi connectivity index (χ3v) is 5.70. The van der Waals surface area contributed by atoms with Crippen LogP contribution in [-0.4, -0.2) is 36.2 Å². The van der Waals surface area contributed by atoms with E-state index in [2.05, 4.69) is 58.7 Å². The molecule has 1 heterocycles. The Bertz CT molecular complexity index is 665. The maximum Gasteiger partial charge on any atom is 0.125 e. The number of hydrogen-bond acceptors (Lipinski definition) is 2. The Balaban J connectivity index is 1.22. The highest BCUT2D eigenvalue weighted by atomic mass is 19.1. The van der Waals surface area contributed by atoms with E-state index in [1.807, 2.05) is 12.1 Å². The maximum atomic E-state index is 15.1. The minimum atomic E-state index is -1.04. The maximum absolute atomic E-state index is 15.1. The van der Waals surface area contributed by atoms with Gasteiger partial charge >= 0.3 is 0 Å². The number of nitrogens with one attached hydrogen (secondary N) is 1. The van der Waals surface area contributed by atoms with Crippen molar-refractivity contribution in [3.05, 3.63) is 71.8 Å². The quantitative estimate of drug-likeness (QED) is 0.852. The molecule has 0 amide bonds. The van der Waals surface area contributed by atoms with Gasteiger partial charge in [-0.2, -0.15) is 0 Å².